The molecule has 1 aromatic rings. The first-order chi connectivity index (χ1) is 11.0. The summed E-state index contributed by atoms with van der Waals surface area (Å²) in [4.78, 5) is 14.4. The summed E-state index contributed by atoms with van der Waals surface area (Å²) in [7, 11) is -3.12. The van der Waals surface area contributed by atoms with Crippen LogP contribution in [-0.4, -0.2) is 56.0 Å². The Bertz CT molecular complexity index is 711. The number of allylic oxidation sites excluding steroid dienone is 1. The van der Waals surface area contributed by atoms with Crippen molar-refractivity contribution in [3.8, 4) is 0 Å². The fourth-order valence-electron chi connectivity index (χ4n) is 3.26. The fourth-order valence-corrected chi connectivity index (χ4v) is 5.13. The van der Waals surface area contributed by atoms with Gasteiger partial charge in [0.1, 0.15) is 0 Å². The molecule has 3 rings (SSSR count). The predicted molar refractivity (Wildman–Crippen MR) is 88.6 cm³/mol. The standard InChI is InChI=1S/C17H21NO4S/c1-2-13(14-6-4-3-5-7-14)10-17(19)18-8-9-22-16-12-23(20,21)11-15(16)18/h3-7,10,15-16H,2,8-9,11-12H2,1H3/b13-10+. The van der Waals surface area contributed by atoms with Crippen molar-refractivity contribution in [2.75, 3.05) is 24.7 Å². The van der Waals surface area contributed by atoms with Crippen molar-refractivity contribution in [1.29, 1.82) is 0 Å². The van der Waals surface area contributed by atoms with E-state index >= 15 is 0 Å². The smallest absolute Gasteiger partial charge is 0.247 e. The highest BCUT2D eigenvalue weighted by Gasteiger charge is 2.45. The third-order valence-electron chi connectivity index (χ3n) is 4.44. The number of hydrogen-bond donors (Lipinski definition) is 0. The summed E-state index contributed by atoms with van der Waals surface area (Å²) in [5.41, 5.74) is 1.98. The largest absolute Gasteiger partial charge is 0.373 e. The van der Waals surface area contributed by atoms with Gasteiger partial charge in [-0.25, -0.2) is 8.42 Å². The Balaban J connectivity index is 1.83. The fraction of sp³-hybridized carbons (Fsp3) is 0.471. The average Bonchev–Trinajstić information content (AvgIpc) is 2.86. The molecule has 1 amide bonds. The number of carbonyl (C=O) groups excluding carboxylic acids is 1. The van der Waals surface area contributed by atoms with E-state index in [2.05, 4.69) is 0 Å². The number of hydrogen-bond acceptors (Lipinski definition) is 4. The molecule has 5 nitrogen and oxygen atoms in total. The molecule has 2 heterocycles. The molecule has 0 bridgehead atoms. The van der Waals surface area contributed by atoms with Crippen molar-refractivity contribution >= 4 is 21.3 Å². The lowest BCUT2D eigenvalue weighted by Crippen LogP contribution is -2.52. The molecule has 1 aromatic carbocycles. The number of morpholine rings is 1. The van der Waals surface area contributed by atoms with Crippen LogP contribution in [0.25, 0.3) is 5.57 Å². The van der Waals surface area contributed by atoms with Crippen LogP contribution in [0.4, 0.5) is 0 Å². The van der Waals surface area contributed by atoms with Crippen LogP contribution < -0.4 is 0 Å². The third kappa shape index (κ3) is 3.48. The number of benzene rings is 1. The highest BCUT2D eigenvalue weighted by atomic mass is 32.2. The summed E-state index contributed by atoms with van der Waals surface area (Å²) in [6, 6.07) is 9.42. The number of nitrogens with zero attached hydrogens (tertiary/aromatic N) is 1. The summed E-state index contributed by atoms with van der Waals surface area (Å²) in [6.45, 7) is 2.84. The Morgan fingerprint density at radius 2 is 2.04 bits per heavy atom. The molecule has 2 saturated heterocycles. The number of ether oxygens (including phenoxy) is 1. The van der Waals surface area contributed by atoms with Crippen LogP contribution in [0.5, 0.6) is 0 Å². The molecule has 2 atom stereocenters. The van der Waals surface area contributed by atoms with Gasteiger partial charge in [-0.05, 0) is 17.6 Å². The van der Waals surface area contributed by atoms with Gasteiger partial charge >= 0.3 is 0 Å². The van der Waals surface area contributed by atoms with Gasteiger partial charge in [-0.15, -0.1) is 0 Å². The molecule has 2 unspecified atom stereocenters. The quantitative estimate of drug-likeness (QED) is 0.786. The normalized spacial score (nSPS) is 26.8. The summed E-state index contributed by atoms with van der Waals surface area (Å²) in [5.74, 6) is -0.102. The summed E-state index contributed by atoms with van der Waals surface area (Å²) < 4.78 is 29.2. The van der Waals surface area contributed by atoms with Gasteiger partial charge in [-0.3, -0.25) is 4.79 Å². The van der Waals surface area contributed by atoms with E-state index in [4.69, 9.17) is 4.74 Å². The molecule has 2 aliphatic rings. The number of amides is 1. The molecular weight excluding hydrogens is 314 g/mol. The maximum absolute atomic E-state index is 12.7. The van der Waals surface area contributed by atoms with Gasteiger partial charge in [-0.1, -0.05) is 37.3 Å². The highest BCUT2D eigenvalue weighted by Crippen LogP contribution is 2.26. The molecular formula is C17H21NO4S. The zero-order valence-electron chi connectivity index (χ0n) is 13.1. The van der Waals surface area contributed by atoms with Crippen molar-refractivity contribution < 1.29 is 17.9 Å². The first kappa shape index (κ1) is 16.2. The molecule has 2 aliphatic heterocycles. The predicted octanol–water partition coefficient (Wildman–Crippen LogP) is 1.50. The molecule has 0 radical (unpaired) electrons. The first-order valence-corrected chi connectivity index (χ1v) is 9.71. The molecule has 2 fully saturated rings. The minimum atomic E-state index is -3.12. The Labute approximate surface area is 136 Å². The topological polar surface area (TPSA) is 63.7 Å². The Kier molecular flexibility index (Phi) is 4.55. The zero-order valence-corrected chi connectivity index (χ0v) is 14.0. The lowest BCUT2D eigenvalue weighted by Gasteiger charge is -2.36. The minimum absolute atomic E-state index is 0.00401. The second-order valence-corrected chi connectivity index (χ2v) is 8.13. The van der Waals surface area contributed by atoms with E-state index < -0.39 is 9.84 Å². The minimum Gasteiger partial charge on any atom is -0.373 e. The van der Waals surface area contributed by atoms with E-state index in [1.54, 1.807) is 11.0 Å². The van der Waals surface area contributed by atoms with Crippen LogP contribution in [0.2, 0.25) is 0 Å². The molecule has 124 valence electrons. The van der Waals surface area contributed by atoms with E-state index in [0.29, 0.717) is 13.2 Å². The van der Waals surface area contributed by atoms with Crippen LogP contribution in [0.3, 0.4) is 0 Å². The number of sulfone groups is 1. The molecule has 0 spiro atoms. The van der Waals surface area contributed by atoms with Gasteiger partial charge in [0.2, 0.25) is 5.91 Å². The monoisotopic (exact) mass is 335 g/mol. The van der Waals surface area contributed by atoms with Gasteiger partial charge in [0.25, 0.3) is 0 Å². The average molecular weight is 335 g/mol. The zero-order chi connectivity index (χ0) is 16.4. The SMILES string of the molecule is CC/C(=C\C(=O)N1CCOC2CS(=O)(=O)CC21)c1ccccc1. The molecule has 23 heavy (non-hydrogen) atoms. The third-order valence-corrected chi connectivity index (χ3v) is 6.13. The van der Waals surface area contributed by atoms with E-state index in [0.717, 1.165) is 17.6 Å². The molecule has 0 saturated carbocycles. The van der Waals surface area contributed by atoms with Crippen molar-refractivity contribution in [3.63, 3.8) is 0 Å². The van der Waals surface area contributed by atoms with Gasteiger partial charge in [0, 0.05) is 12.6 Å². The van der Waals surface area contributed by atoms with Crippen molar-refractivity contribution in [2.45, 2.75) is 25.5 Å². The maximum atomic E-state index is 12.7. The Morgan fingerprint density at radius 1 is 1.30 bits per heavy atom. The second kappa shape index (κ2) is 6.45. The second-order valence-electron chi connectivity index (χ2n) is 5.97. The van der Waals surface area contributed by atoms with Gasteiger partial charge in [-0.2, -0.15) is 0 Å². The Hall–Kier alpha value is -1.66. The molecule has 0 aliphatic carbocycles. The molecule has 6 heteroatoms. The van der Waals surface area contributed by atoms with Crippen molar-refractivity contribution in [3.05, 3.63) is 42.0 Å². The van der Waals surface area contributed by atoms with E-state index in [-0.39, 0.29) is 29.6 Å². The van der Waals surface area contributed by atoms with Crippen molar-refractivity contribution in [1.82, 2.24) is 4.90 Å². The lowest BCUT2D eigenvalue weighted by atomic mass is 10.0. The van der Waals surface area contributed by atoms with Crippen LogP contribution in [0, 0.1) is 0 Å². The van der Waals surface area contributed by atoms with Gasteiger partial charge in [0.15, 0.2) is 9.84 Å². The van der Waals surface area contributed by atoms with E-state index in [1.807, 2.05) is 37.3 Å². The van der Waals surface area contributed by atoms with Crippen molar-refractivity contribution in [2.24, 2.45) is 0 Å². The van der Waals surface area contributed by atoms with E-state index in [9.17, 15) is 13.2 Å². The van der Waals surface area contributed by atoms with Gasteiger partial charge < -0.3 is 9.64 Å². The number of carbonyl (C=O) groups is 1. The van der Waals surface area contributed by atoms with Crippen LogP contribution >= 0.6 is 0 Å². The van der Waals surface area contributed by atoms with Crippen LogP contribution in [0.1, 0.15) is 18.9 Å². The molecule has 0 aromatic heterocycles. The van der Waals surface area contributed by atoms with Crippen LogP contribution in [0.15, 0.2) is 36.4 Å². The van der Waals surface area contributed by atoms with E-state index in [1.165, 1.54) is 0 Å². The summed E-state index contributed by atoms with van der Waals surface area (Å²) in [6.07, 6.45) is 2.00. The Morgan fingerprint density at radius 3 is 2.74 bits per heavy atom. The van der Waals surface area contributed by atoms with Gasteiger partial charge in [0.05, 0.1) is 30.3 Å². The molecule has 0 N–H and O–H groups in total. The van der Waals surface area contributed by atoms with Crippen LogP contribution in [-0.2, 0) is 19.4 Å². The lowest BCUT2D eigenvalue weighted by molar-refractivity contribution is -0.137. The number of rotatable bonds is 3. The summed E-state index contributed by atoms with van der Waals surface area (Å²) in [5, 5.41) is 0. The maximum Gasteiger partial charge on any atom is 0.247 e. The first-order valence-electron chi connectivity index (χ1n) is 7.89. The summed E-state index contributed by atoms with van der Waals surface area (Å²) >= 11 is 0. The highest BCUT2D eigenvalue weighted by molar-refractivity contribution is 7.91. The number of fused-ring (bicyclic) bond motifs is 1.